The first kappa shape index (κ1) is 29.4. The van der Waals surface area contributed by atoms with Crippen LogP contribution in [0.5, 0.6) is 0 Å². The largest absolute Gasteiger partial charge is 0.388 e. The lowest BCUT2D eigenvalue weighted by Crippen LogP contribution is -2.37. The molecule has 6 N–H and O–H groups in total. The summed E-state index contributed by atoms with van der Waals surface area (Å²) in [5.74, 6) is -1.54. The number of nitrogens with zero attached hydrogens (tertiary/aromatic N) is 5. The van der Waals surface area contributed by atoms with E-state index in [1.54, 1.807) is 48.7 Å². The maximum Gasteiger partial charge on any atom is 0.272 e. The number of nitrogens with one attached hydrogen (secondary N) is 4. The summed E-state index contributed by atoms with van der Waals surface area (Å²) in [6.45, 7) is 2.93. The summed E-state index contributed by atoms with van der Waals surface area (Å²) in [5.41, 5.74) is 7.99. The monoisotopic (exact) mass is 590 g/mol. The number of carbonyl (C=O) groups excluding carboxylic acids is 3. The molecule has 226 valence electrons. The summed E-state index contributed by atoms with van der Waals surface area (Å²) in [6.07, 6.45) is 5.39. The molecule has 0 spiro atoms. The van der Waals surface area contributed by atoms with E-state index >= 15 is 0 Å². The Kier molecular flexibility index (Phi) is 8.24. The second-order valence-electron chi connectivity index (χ2n) is 10.8. The van der Waals surface area contributed by atoms with Gasteiger partial charge in [0.25, 0.3) is 17.7 Å². The zero-order chi connectivity index (χ0) is 30.8. The Labute approximate surface area is 247 Å². The third kappa shape index (κ3) is 7.23. The molecular formula is C28H34N10O5. The van der Waals surface area contributed by atoms with E-state index in [1.807, 2.05) is 18.3 Å². The number of hydrogen-bond acceptors (Lipinski definition) is 8. The first-order chi connectivity index (χ1) is 20.5. The number of nitriles is 1. The number of anilines is 3. The van der Waals surface area contributed by atoms with Crippen molar-refractivity contribution in [3.05, 3.63) is 53.9 Å². The molecule has 2 fully saturated rings. The molecule has 2 aliphatic heterocycles. The molecule has 3 aromatic heterocycles. The zero-order valence-corrected chi connectivity index (χ0v) is 24.1. The molecule has 3 atom stereocenters. The van der Waals surface area contributed by atoms with E-state index in [-0.39, 0.29) is 41.8 Å². The number of hydrogen-bond donors (Lipinski definition) is 5. The van der Waals surface area contributed by atoms with Crippen molar-refractivity contribution in [2.75, 3.05) is 41.8 Å². The van der Waals surface area contributed by atoms with Gasteiger partial charge in [-0.25, -0.2) is 0 Å². The first-order valence-corrected chi connectivity index (χ1v) is 13.6. The fraction of sp³-hybridized carbons (Fsp3) is 0.393. The summed E-state index contributed by atoms with van der Waals surface area (Å²) >= 11 is 0. The molecule has 0 aromatic carbocycles. The Morgan fingerprint density at radius 2 is 1.40 bits per heavy atom. The number of epoxide rings is 2. The van der Waals surface area contributed by atoms with Crippen molar-refractivity contribution in [3.8, 4) is 6.07 Å². The number of aromatic nitrogens is 3. The lowest BCUT2D eigenvalue weighted by atomic mass is 10.2. The van der Waals surface area contributed by atoms with Gasteiger partial charge in [-0.1, -0.05) is 0 Å². The summed E-state index contributed by atoms with van der Waals surface area (Å²) in [5, 5.41) is 24.7. The third-order valence-corrected chi connectivity index (χ3v) is 7.12. The predicted molar refractivity (Wildman–Crippen MR) is 157 cm³/mol. The second kappa shape index (κ2) is 12.0. The molecule has 3 amide bonds. The molecule has 3 unspecified atom stereocenters. The SMILES string of the molecule is Cn1cc(NC(=O)c2cc(N(CC3CO3)CC3CO3)cn2C)cc1C(=O)Nc1cc(C(=O)NC(C#N)CC(=N)N)n(C)c1. The Morgan fingerprint density at radius 1 is 0.930 bits per heavy atom. The third-order valence-electron chi connectivity index (χ3n) is 7.12. The van der Waals surface area contributed by atoms with Crippen molar-refractivity contribution >= 4 is 40.6 Å². The Morgan fingerprint density at radius 3 is 1.86 bits per heavy atom. The minimum atomic E-state index is -0.953. The van der Waals surface area contributed by atoms with Crippen molar-refractivity contribution in [2.24, 2.45) is 26.9 Å². The molecule has 2 aliphatic rings. The second-order valence-corrected chi connectivity index (χ2v) is 10.8. The summed E-state index contributed by atoms with van der Waals surface area (Å²) in [6, 6.07) is 5.81. The van der Waals surface area contributed by atoms with E-state index in [0.717, 1.165) is 32.0 Å². The smallest absolute Gasteiger partial charge is 0.272 e. The van der Waals surface area contributed by atoms with Crippen molar-refractivity contribution in [3.63, 3.8) is 0 Å². The molecule has 15 nitrogen and oxygen atoms in total. The Balaban J connectivity index is 1.22. The first-order valence-electron chi connectivity index (χ1n) is 13.6. The van der Waals surface area contributed by atoms with Gasteiger partial charge in [-0.2, -0.15) is 5.26 Å². The lowest BCUT2D eigenvalue weighted by Gasteiger charge is -2.21. The average molecular weight is 591 g/mol. The summed E-state index contributed by atoms with van der Waals surface area (Å²) < 4.78 is 15.7. The van der Waals surface area contributed by atoms with E-state index < -0.39 is 17.9 Å². The number of carbonyl (C=O) groups is 3. The van der Waals surface area contributed by atoms with Crippen LogP contribution in [0, 0.1) is 16.7 Å². The van der Waals surface area contributed by atoms with Crippen LogP contribution in [0.1, 0.15) is 37.9 Å². The van der Waals surface area contributed by atoms with Crippen LogP contribution in [0.25, 0.3) is 0 Å². The lowest BCUT2D eigenvalue weighted by molar-refractivity contribution is 0.0936. The van der Waals surface area contributed by atoms with E-state index in [0.29, 0.717) is 17.1 Å². The van der Waals surface area contributed by atoms with E-state index in [1.165, 1.54) is 10.6 Å². The van der Waals surface area contributed by atoms with Crippen molar-refractivity contribution in [1.82, 2.24) is 19.0 Å². The maximum atomic E-state index is 13.2. The normalized spacial score (nSPS) is 17.4. The van der Waals surface area contributed by atoms with Crippen LogP contribution in [0.2, 0.25) is 0 Å². The highest BCUT2D eigenvalue weighted by Crippen LogP contribution is 2.25. The Hall–Kier alpha value is -5.07. The molecular weight excluding hydrogens is 556 g/mol. The van der Waals surface area contributed by atoms with Gasteiger partial charge in [-0.15, -0.1) is 0 Å². The number of ether oxygens (including phenoxy) is 2. The molecule has 2 saturated heterocycles. The van der Waals surface area contributed by atoms with Crippen LogP contribution in [0.15, 0.2) is 36.8 Å². The average Bonchev–Trinajstić information content (AvgIpc) is 3.84. The van der Waals surface area contributed by atoms with E-state index in [4.69, 9.17) is 20.6 Å². The van der Waals surface area contributed by atoms with Gasteiger partial charge in [0.05, 0.1) is 54.4 Å². The molecule has 0 aliphatic carbocycles. The van der Waals surface area contributed by atoms with Gasteiger partial charge in [0, 0.05) is 59.2 Å². The number of aryl methyl sites for hydroxylation is 3. The van der Waals surface area contributed by atoms with Gasteiger partial charge >= 0.3 is 0 Å². The van der Waals surface area contributed by atoms with Crippen LogP contribution in [-0.2, 0) is 30.6 Å². The van der Waals surface area contributed by atoms with Crippen LogP contribution in [0.4, 0.5) is 17.1 Å². The van der Waals surface area contributed by atoms with Gasteiger partial charge in [-0.05, 0) is 18.2 Å². The highest BCUT2D eigenvalue weighted by atomic mass is 16.6. The number of amides is 3. The molecule has 15 heteroatoms. The molecule has 0 bridgehead atoms. The molecule has 0 saturated carbocycles. The quantitative estimate of drug-likeness (QED) is 0.109. The van der Waals surface area contributed by atoms with Crippen LogP contribution >= 0.6 is 0 Å². The van der Waals surface area contributed by atoms with Gasteiger partial charge in [0.1, 0.15) is 23.1 Å². The number of nitrogens with two attached hydrogens (primary N) is 1. The van der Waals surface area contributed by atoms with Gasteiger partial charge in [0.2, 0.25) is 0 Å². The van der Waals surface area contributed by atoms with E-state index in [2.05, 4.69) is 20.9 Å². The van der Waals surface area contributed by atoms with E-state index in [9.17, 15) is 19.6 Å². The minimum absolute atomic E-state index is 0.0992. The maximum absolute atomic E-state index is 13.2. The number of rotatable bonds is 13. The van der Waals surface area contributed by atoms with Crippen molar-refractivity contribution in [2.45, 2.75) is 24.7 Å². The molecule has 43 heavy (non-hydrogen) atoms. The standard InChI is InChI=1S/C28H34N10O5/c1-35-9-17(4-22(35)26(39)32-16(8-29)6-25(30)31)33-27(40)23-5-18(10-36(23)2)34-28(41)24-7-19(11-37(24)3)38(12-20-14-42-20)13-21-15-43-21/h4-5,7,9-11,16,20-21H,6,12-15H2,1-3H3,(H3,30,31)(H,32,39)(H,33,40)(H,34,41). The Bertz CT molecular complexity index is 1590. The molecule has 5 heterocycles. The van der Waals surface area contributed by atoms with Crippen LogP contribution in [0.3, 0.4) is 0 Å². The van der Waals surface area contributed by atoms with Crippen molar-refractivity contribution < 1.29 is 23.9 Å². The highest BCUT2D eigenvalue weighted by molar-refractivity contribution is 6.07. The van der Waals surface area contributed by atoms with Crippen molar-refractivity contribution in [1.29, 1.82) is 10.7 Å². The zero-order valence-electron chi connectivity index (χ0n) is 24.1. The molecule has 0 radical (unpaired) electrons. The van der Waals surface area contributed by atoms with Gasteiger partial charge in [0.15, 0.2) is 0 Å². The summed E-state index contributed by atoms with van der Waals surface area (Å²) in [4.78, 5) is 41.1. The fourth-order valence-corrected chi connectivity index (χ4v) is 4.76. The number of amidine groups is 1. The van der Waals surface area contributed by atoms with Gasteiger partial charge < -0.3 is 49.8 Å². The van der Waals surface area contributed by atoms with Gasteiger partial charge in [-0.3, -0.25) is 19.8 Å². The van der Waals surface area contributed by atoms with Crippen LogP contribution in [-0.4, -0.2) is 81.8 Å². The van der Waals surface area contributed by atoms with Crippen LogP contribution < -0.4 is 26.6 Å². The predicted octanol–water partition coefficient (Wildman–Crippen LogP) is 0.759. The summed E-state index contributed by atoms with van der Waals surface area (Å²) in [7, 11) is 5.12. The minimum Gasteiger partial charge on any atom is -0.388 e. The topological polar surface area (TPSA) is 204 Å². The highest BCUT2D eigenvalue weighted by Gasteiger charge is 2.32. The fourth-order valence-electron chi connectivity index (χ4n) is 4.76. The molecule has 5 rings (SSSR count). The molecule has 3 aromatic rings.